The van der Waals surface area contributed by atoms with Gasteiger partial charge in [-0.05, 0) is 18.2 Å². The van der Waals surface area contributed by atoms with Crippen LogP contribution in [0.15, 0.2) is 23.1 Å². The fourth-order valence-corrected chi connectivity index (χ4v) is 2.60. The summed E-state index contributed by atoms with van der Waals surface area (Å²) in [4.78, 5) is 1.08. The molecule has 0 amide bonds. The van der Waals surface area contributed by atoms with E-state index in [1.807, 2.05) is 19.1 Å². The molecule has 2 nitrogen and oxygen atoms in total. The molecule has 0 aliphatic heterocycles. The molecular formula is C12H18ClNOS. The summed E-state index contributed by atoms with van der Waals surface area (Å²) in [5.41, 5.74) is 1.19. The zero-order valence-electron chi connectivity index (χ0n) is 9.66. The Morgan fingerprint density at radius 2 is 2.25 bits per heavy atom. The monoisotopic (exact) mass is 259 g/mol. The summed E-state index contributed by atoms with van der Waals surface area (Å²) in [7, 11) is 0. The lowest BCUT2D eigenvalue weighted by molar-refractivity contribution is 0.300. The van der Waals surface area contributed by atoms with Gasteiger partial charge in [-0.15, -0.1) is 11.8 Å². The fraction of sp³-hybridized carbons (Fsp3) is 0.500. The predicted molar refractivity (Wildman–Crippen MR) is 71.2 cm³/mol. The summed E-state index contributed by atoms with van der Waals surface area (Å²) in [6.45, 7) is 5.99. The smallest absolute Gasteiger partial charge is 0.0550 e. The highest BCUT2D eigenvalue weighted by atomic mass is 35.5. The summed E-state index contributed by atoms with van der Waals surface area (Å²) in [6.07, 6.45) is 0. The zero-order chi connectivity index (χ0) is 12.0. The van der Waals surface area contributed by atoms with Gasteiger partial charge in [0.15, 0.2) is 0 Å². The molecule has 1 aromatic carbocycles. The highest BCUT2D eigenvalue weighted by Gasteiger charge is 2.11. The van der Waals surface area contributed by atoms with Gasteiger partial charge in [0.1, 0.15) is 0 Å². The number of hydrogen-bond acceptors (Lipinski definition) is 3. The van der Waals surface area contributed by atoms with E-state index < -0.39 is 0 Å². The first-order chi connectivity index (χ1) is 7.69. The van der Waals surface area contributed by atoms with Crippen molar-refractivity contribution in [2.75, 3.05) is 13.2 Å². The van der Waals surface area contributed by atoms with Crippen LogP contribution < -0.4 is 5.32 Å². The van der Waals surface area contributed by atoms with Gasteiger partial charge in [0.05, 0.1) is 11.6 Å². The second-order valence-corrected chi connectivity index (χ2v) is 5.48. The third-order valence-corrected chi connectivity index (χ3v) is 3.89. The molecule has 0 saturated carbocycles. The third kappa shape index (κ3) is 3.98. The summed E-state index contributed by atoms with van der Waals surface area (Å²) >= 11 is 7.80. The Morgan fingerprint density at radius 3 is 2.88 bits per heavy atom. The van der Waals surface area contributed by atoms with Crippen LogP contribution in [0, 0.1) is 0 Å². The SMILES string of the molecule is CCNCc1cccc(Cl)c1SC(C)CO. The van der Waals surface area contributed by atoms with Gasteiger partial charge in [-0.25, -0.2) is 0 Å². The molecule has 1 rings (SSSR count). The summed E-state index contributed by atoms with van der Waals surface area (Å²) in [5, 5.41) is 13.3. The van der Waals surface area contributed by atoms with Crippen molar-refractivity contribution in [1.29, 1.82) is 0 Å². The van der Waals surface area contributed by atoms with Gasteiger partial charge >= 0.3 is 0 Å². The molecule has 90 valence electrons. The van der Waals surface area contributed by atoms with Crippen molar-refractivity contribution in [2.45, 2.75) is 30.5 Å². The van der Waals surface area contributed by atoms with Crippen LogP contribution in [0.3, 0.4) is 0 Å². The Kier molecular flexibility index (Phi) is 6.21. The molecule has 2 N–H and O–H groups in total. The lowest BCUT2D eigenvalue weighted by Crippen LogP contribution is -2.13. The first-order valence-corrected chi connectivity index (χ1v) is 6.70. The lowest BCUT2D eigenvalue weighted by atomic mass is 10.2. The molecule has 0 heterocycles. The molecule has 1 aromatic rings. The van der Waals surface area contributed by atoms with Crippen LogP contribution in [-0.4, -0.2) is 23.5 Å². The summed E-state index contributed by atoms with van der Waals surface area (Å²) in [6, 6.07) is 5.92. The Hall–Kier alpha value is -0.220. The first-order valence-electron chi connectivity index (χ1n) is 5.44. The van der Waals surface area contributed by atoms with Crippen LogP contribution in [-0.2, 0) is 6.54 Å². The molecule has 0 aromatic heterocycles. The average molecular weight is 260 g/mol. The third-order valence-electron chi connectivity index (χ3n) is 2.19. The molecule has 4 heteroatoms. The normalized spacial score (nSPS) is 12.8. The van der Waals surface area contributed by atoms with Crippen molar-refractivity contribution in [1.82, 2.24) is 5.32 Å². The van der Waals surface area contributed by atoms with Gasteiger partial charge in [-0.3, -0.25) is 0 Å². The van der Waals surface area contributed by atoms with Crippen LogP contribution >= 0.6 is 23.4 Å². The van der Waals surface area contributed by atoms with E-state index in [0.29, 0.717) is 0 Å². The minimum absolute atomic E-state index is 0.163. The van der Waals surface area contributed by atoms with E-state index in [4.69, 9.17) is 16.7 Å². The van der Waals surface area contributed by atoms with Crippen LogP contribution in [0.1, 0.15) is 19.4 Å². The van der Waals surface area contributed by atoms with Crippen molar-refractivity contribution in [3.05, 3.63) is 28.8 Å². The molecule has 0 bridgehead atoms. The second kappa shape index (κ2) is 7.17. The van der Waals surface area contributed by atoms with Crippen LogP contribution in [0.25, 0.3) is 0 Å². The number of thioether (sulfide) groups is 1. The number of nitrogens with one attached hydrogen (secondary N) is 1. The second-order valence-electron chi connectivity index (χ2n) is 3.62. The van der Waals surface area contributed by atoms with E-state index in [1.165, 1.54) is 5.56 Å². The molecule has 0 aliphatic carbocycles. The van der Waals surface area contributed by atoms with E-state index in [0.717, 1.165) is 23.0 Å². The van der Waals surface area contributed by atoms with E-state index in [2.05, 4.69) is 18.3 Å². The molecule has 0 saturated heterocycles. The Morgan fingerprint density at radius 1 is 1.50 bits per heavy atom. The van der Waals surface area contributed by atoms with Gasteiger partial charge in [0, 0.05) is 16.7 Å². The average Bonchev–Trinajstić information content (AvgIpc) is 2.29. The maximum absolute atomic E-state index is 9.07. The van der Waals surface area contributed by atoms with Crippen LogP contribution in [0.5, 0.6) is 0 Å². The van der Waals surface area contributed by atoms with E-state index >= 15 is 0 Å². The fourth-order valence-electron chi connectivity index (χ4n) is 1.32. The van der Waals surface area contributed by atoms with E-state index in [1.54, 1.807) is 11.8 Å². The Balaban J connectivity index is 2.85. The largest absolute Gasteiger partial charge is 0.395 e. The van der Waals surface area contributed by atoms with Gasteiger partial charge in [-0.1, -0.05) is 37.6 Å². The van der Waals surface area contributed by atoms with E-state index in [9.17, 15) is 0 Å². The zero-order valence-corrected chi connectivity index (χ0v) is 11.2. The lowest BCUT2D eigenvalue weighted by Gasteiger charge is -2.14. The van der Waals surface area contributed by atoms with Gasteiger partial charge in [-0.2, -0.15) is 0 Å². The first kappa shape index (κ1) is 13.8. The van der Waals surface area contributed by atoms with Gasteiger partial charge < -0.3 is 10.4 Å². The standard InChI is InChI=1S/C12H18ClNOS/c1-3-14-7-10-5-4-6-11(13)12(10)16-9(2)8-15/h4-6,9,14-15H,3,7-8H2,1-2H3. The molecule has 0 aliphatic rings. The number of aliphatic hydroxyl groups is 1. The van der Waals surface area contributed by atoms with Crippen molar-refractivity contribution >= 4 is 23.4 Å². The number of hydrogen-bond donors (Lipinski definition) is 2. The maximum atomic E-state index is 9.07. The minimum atomic E-state index is 0.163. The van der Waals surface area contributed by atoms with Gasteiger partial charge in [0.2, 0.25) is 0 Å². The van der Waals surface area contributed by atoms with Crippen molar-refractivity contribution in [3.63, 3.8) is 0 Å². The van der Waals surface area contributed by atoms with Crippen LogP contribution in [0.4, 0.5) is 0 Å². The van der Waals surface area contributed by atoms with Crippen molar-refractivity contribution in [3.8, 4) is 0 Å². The van der Waals surface area contributed by atoms with Crippen LogP contribution in [0.2, 0.25) is 5.02 Å². The molecule has 0 spiro atoms. The predicted octanol–water partition coefficient (Wildman–Crippen LogP) is 2.92. The molecular weight excluding hydrogens is 242 g/mol. The van der Waals surface area contributed by atoms with E-state index in [-0.39, 0.29) is 11.9 Å². The minimum Gasteiger partial charge on any atom is -0.395 e. The Bertz CT molecular complexity index is 333. The highest BCUT2D eigenvalue weighted by Crippen LogP contribution is 2.33. The molecule has 1 atom stereocenters. The topological polar surface area (TPSA) is 32.3 Å². The molecule has 16 heavy (non-hydrogen) atoms. The van der Waals surface area contributed by atoms with Crippen molar-refractivity contribution in [2.24, 2.45) is 0 Å². The molecule has 0 fully saturated rings. The molecule has 0 radical (unpaired) electrons. The number of aliphatic hydroxyl groups excluding tert-OH is 1. The summed E-state index contributed by atoms with van der Waals surface area (Å²) in [5.74, 6) is 0. The number of rotatable bonds is 6. The van der Waals surface area contributed by atoms with Crippen molar-refractivity contribution < 1.29 is 5.11 Å². The number of halogens is 1. The van der Waals surface area contributed by atoms with Gasteiger partial charge in [0.25, 0.3) is 0 Å². The molecule has 1 unspecified atom stereocenters. The summed E-state index contributed by atoms with van der Waals surface area (Å²) < 4.78 is 0. The Labute approximate surface area is 106 Å². The maximum Gasteiger partial charge on any atom is 0.0550 e. The quantitative estimate of drug-likeness (QED) is 0.771. The number of benzene rings is 1. The highest BCUT2D eigenvalue weighted by molar-refractivity contribution is 8.00.